The summed E-state index contributed by atoms with van der Waals surface area (Å²) in [7, 11) is -4.13. The van der Waals surface area contributed by atoms with Crippen molar-refractivity contribution in [3.05, 3.63) is 59.4 Å². The average Bonchev–Trinajstić information content (AvgIpc) is 3.45. The molecule has 182 valence electrons. The number of likely N-dealkylation sites (tertiary alicyclic amines) is 1. The Morgan fingerprint density at radius 3 is 2.51 bits per heavy atom. The van der Waals surface area contributed by atoms with E-state index in [1.165, 1.54) is 18.2 Å². The van der Waals surface area contributed by atoms with E-state index in [4.69, 9.17) is 5.73 Å². The van der Waals surface area contributed by atoms with Crippen molar-refractivity contribution in [1.29, 1.82) is 0 Å². The Bertz CT molecular complexity index is 1370. The number of nitrogens with two attached hydrogens (primary N) is 1. The molecule has 2 heterocycles. The first-order chi connectivity index (χ1) is 16.8. The number of nitrogens with zero attached hydrogens (tertiary/aromatic N) is 2. The third-order valence-corrected chi connectivity index (χ3v) is 9.29. The van der Waals surface area contributed by atoms with E-state index < -0.39 is 21.8 Å². The van der Waals surface area contributed by atoms with Crippen molar-refractivity contribution in [2.75, 3.05) is 5.32 Å². The Balaban J connectivity index is 1.40. The minimum absolute atomic E-state index is 0.0270. The maximum Gasteiger partial charge on any atom is 0.286 e. The Labute approximate surface area is 202 Å². The fraction of sp³-hybridized carbons (Fsp3) is 0.400. The van der Waals surface area contributed by atoms with E-state index in [0.29, 0.717) is 5.56 Å². The van der Waals surface area contributed by atoms with Crippen LogP contribution in [0, 0.1) is 29.5 Å². The standard InChI is InChI=1S/C25H25FN4O4S/c26-17-6-1-13(2-7-17)12-30-22-16-5-4-15(10-16)20(22)23(31)21(25(30)32)24-28-18-8-3-14(11-27)9-19(18)35(33,34)29-24/h1-3,6-9,15-16,20-22H,4-5,10-12,27H2,(H,28,29)/t15-,16+,20+,21?,22-/m0/s1. The molecule has 0 radical (unpaired) electrons. The number of hydrogen-bond donors (Lipinski definition) is 2. The van der Waals surface area contributed by atoms with Crippen molar-refractivity contribution in [1.82, 2.24) is 4.90 Å². The molecule has 3 N–H and O–H groups in total. The number of piperidine rings is 1. The number of Topliss-reactive ketones (excluding diaryl/α,β-unsaturated/α-hetero) is 1. The summed E-state index contributed by atoms with van der Waals surface area (Å²) in [4.78, 5) is 29.3. The number of halogens is 1. The Morgan fingerprint density at radius 2 is 1.77 bits per heavy atom. The van der Waals surface area contributed by atoms with Gasteiger partial charge in [0.1, 0.15) is 16.5 Å². The Morgan fingerprint density at radius 1 is 1.06 bits per heavy atom. The zero-order valence-corrected chi connectivity index (χ0v) is 19.7. The Hall–Kier alpha value is -3.11. The number of amides is 1. The number of rotatable bonds is 4. The summed E-state index contributed by atoms with van der Waals surface area (Å²) in [5, 5.41) is 2.96. The van der Waals surface area contributed by atoms with Crippen LogP contribution in [0.25, 0.3) is 0 Å². The summed E-state index contributed by atoms with van der Waals surface area (Å²) >= 11 is 0. The molecule has 8 nitrogen and oxygen atoms in total. The lowest BCUT2D eigenvalue weighted by Gasteiger charge is -2.45. The SMILES string of the molecule is NCc1ccc2c(c1)S(=O)(=O)N=C(C1C(=O)[C@@H]3[C@H]4CC[C@H](C4)[C@@H]3N(Cc3ccc(F)cc3)C1=O)N2. The second kappa shape index (κ2) is 7.96. The van der Waals surface area contributed by atoms with Gasteiger partial charge in [-0.25, -0.2) is 4.39 Å². The first-order valence-corrected chi connectivity index (χ1v) is 13.2. The van der Waals surface area contributed by atoms with Gasteiger partial charge in [0, 0.05) is 25.0 Å². The molecule has 2 saturated carbocycles. The monoisotopic (exact) mass is 496 g/mol. The summed E-state index contributed by atoms with van der Waals surface area (Å²) in [6, 6.07) is 10.4. The number of hydrogen-bond acceptors (Lipinski definition) is 6. The summed E-state index contributed by atoms with van der Waals surface area (Å²) < 4.78 is 43.4. The highest BCUT2D eigenvalue weighted by atomic mass is 32.2. The number of amidine groups is 1. The predicted molar refractivity (Wildman–Crippen MR) is 126 cm³/mol. The van der Waals surface area contributed by atoms with Gasteiger partial charge in [0.25, 0.3) is 10.0 Å². The first-order valence-electron chi connectivity index (χ1n) is 11.8. The molecule has 0 aromatic heterocycles. The van der Waals surface area contributed by atoms with Gasteiger partial charge in [0.05, 0.1) is 5.69 Å². The molecule has 1 saturated heterocycles. The highest BCUT2D eigenvalue weighted by molar-refractivity contribution is 7.90. The van der Waals surface area contributed by atoms with Crippen LogP contribution < -0.4 is 11.1 Å². The fourth-order valence-electron chi connectivity index (χ4n) is 6.43. The molecule has 4 aliphatic rings. The molecule has 2 aliphatic carbocycles. The van der Waals surface area contributed by atoms with Crippen molar-refractivity contribution < 1.29 is 22.4 Å². The van der Waals surface area contributed by atoms with Crippen molar-refractivity contribution in [3.8, 4) is 0 Å². The van der Waals surface area contributed by atoms with Crippen molar-refractivity contribution >= 4 is 33.2 Å². The van der Waals surface area contributed by atoms with Crippen LogP contribution in [0.1, 0.15) is 30.4 Å². The molecule has 0 spiro atoms. The molecule has 3 fully saturated rings. The molecule has 6 rings (SSSR count). The Kier molecular flexibility index (Phi) is 5.08. The van der Waals surface area contributed by atoms with Crippen LogP contribution in [0.15, 0.2) is 51.8 Å². The van der Waals surface area contributed by atoms with E-state index in [2.05, 4.69) is 9.71 Å². The zero-order chi connectivity index (χ0) is 24.5. The third-order valence-electron chi connectivity index (χ3n) is 7.96. The molecule has 2 bridgehead atoms. The number of ketones is 1. The normalized spacial score (nSPS) is 30.5. The molecular weight excluding hydrogens is 471 g/mol. The van der Waals surface area contributed by atoms with Crippen LogP contribution in [0.4, 0.5) is 10.1 Å². The molecule has 10 heteroatoms. The largest absolute Gasteiger partial charge is 0.341 e. The average molecular weight is 497 g/mol. The van der Waals surface area contributed by atoms with Gasteiger partial charge >= 0.3 is 0 Å². The van der Waals surface area contributed by atoms with E-state index in [1.807, 2.05) is 0 Å². The number of anilines is 1. The van der Waals surface area contributed by atoms with Gasteiger partial charge in [0.2, 0.25) is 5.91 Å². The molecule has 35 heavy (non-hydrogen) atoms. The topological polar surface area (TPSA) is 122 Å². The molecule has 2 aromatic rings. The smallest absolute Gasteiger partial charge is 0.286 e. The van der Waals surface area contributed by atoms with Gasteiger partial charge in [-0.3, -0.25) is 9.59 Å². The predicted octanol–water partition coefficient (Wildman–Crippen LogP) is 2.44. The fourth-order valence-corrected chi connectivity index (χ4v) is 7.64. The lowest BCUT2D eigenvalue weighted by molar-refractivity contribution is -0.153. The highest BCUT2D eigenvalue weighted by Crippen LogP contribution is 2.54. The van der Waals surface area contributed by atoms with Gasteiger partial charge in [-0.15, -0.1) is 4.40 Å². The van der Waals surface area contributed by atoms with Gasteiger partial charge < -0.3 is 16.0 Å². The molecule has 1 unspecified atom stereocenters. The minimum Gasteiger partial charge on any atom is -0.341 e. The quantitative estimate of drug-likeness (QED) is 0.627. The summed E-state index contributed by atoms with van der Waals surface area (Å²) in [5.41, 5.74) is 7.31. The van der Waals surface area contributed by atoms with Crippen LogP contribution in [0.2, 0.25) is 0 Å². The van der Waals surface area contributed by atoms with Gasteiger partial charge in [-0.1, -0.05) is 18.2 Å². The maximum atomic E-state index is 13.8. The van der Waals surface area contributed by atoms with Crippen molar-refractivity contribution in [3.63, 3.8) is 0 Å². The minimum atomic E-state index is -4.13. The summed E-state index contributed by atoms with van der Waals surface area (Å²) in [6.07, 6.45) is 2.76. The lowest BCUT2D eigenvalue weighted by atomic mass is 9.73. The number of carbonyl (C=O) groups excluding carboxylic acids is 2. The van der Waals surface area contributed by atoms with Crippen LogP contribution in [-0.2, 0) is 32.7 Å². The number of carbonyl (C=O) groups is 2. The molecule has 2 aromatic carbocycles. The van der Waals surface area contributed by atoms with E-state index in [0.717, 1.165) is 24.8 Å². The maximum absolute atomic E-state index is 13.8. The van der Waals surface area contributed by atoms with Crippen LogP contribution in [-0.4, -0.2) is 36.9 Å². The zero-order valence-electron chi connectivity index (χ0n) is 18.9. The number of benzene rings is 2. The third kappa shape index (κ3) is 3.49. The van der Waals surface area contributed by atoms with Gasteiger partial charge in [-0.05, 0) is 66.5 Å². The summed E-state index contributed by atoms with van der Waals surface area (Å²) in [6.45, 7) is 0.396. The number of nitrogens with one attached hydrogen (secondary N) is 1. The second-order valence-corrected chi connectivity index (χ2v) is 11.5. The molecular formula is C25H25FN4O4S. The highest BCUT2D eigenvalue weighted by Gasteiger charge is 2.60. The molecule has 2 aliphatic heterocycles. The second-order valence-electron chi connectivity index (χ2n) is 9.89. The van der Waals surface area contributed by atoms with E-state index >= 15 is 0 Å². The van der Waals surface area contributed by atoms with E-state index in [-0.39, 0.29) is 64.9 Å². The lowest BCUT2D eigenvalue weighted by Crippen LogP contribution is -2.61. The van der Waals surface area contributed by atoms with Gasteiger partial charge in [0.15, 0.2) is 11.7 Å². The van der Waals surface area contributed by atoms with Crippen LogP contribution >= 0.6 is 0 Å². The first kappa shape index (κ1) is 22.4. The molecule has 5 atom stereocenters. The number of fused-ring (bicyclic) bond motifs is 6. The van der Waals surface area contributed by atoms with E-state index in [1.54, 1.807) is 29.2 Å². The van der Waals surface area contributed by atoms with Crippen molar-refractivity contribution in [2.24, 2.45) is 33.8 Å². The summed E-state index contributed by atoms with van der Waals surface area (Å²) in [5.74, 6) is -2.52. The van der Waals surface area contributed by atoms with Gasteiger partial charge in [-0.2, -0.15) is 8.42 Å². The van der Waals surface area contributed by atoms with Crippen LogP contribution in [0.3, 0.4) is 0 Å². The van der Waals surface area contributed by atoms with Crippen molar-refractivity contribution in [2.45, 2.75) is 43.3 Å². The molecule has 1 amide bonds. The van der Waals surface area contributed by atoms with E-state index in [9.17, 15) is 22.4 Å². The van der Waals surface area contributed by atoms with Crippen LogP contribution in [0.5, 0.6) is 0 Å². The number of sulfonamides is 1.